The molecule has 0 bridgehead atoms. The maximum atomic E-state index is 12.8. The predicted molar refractivity (Wildman–Crippen MR) is 110 cm³/mol. The van der Waals surface area contributed by atoms with Crippen LogP contribution in [-0.2, 0) is 26.0 Å². The first-order valence-electron chi connectivity index (χ1n) is 9.61. The van der Waals surface area contributed by atoms with Crippen molar-refractivity contribution in [3.8, 4) is 0 Å². The number of amides is 1. The number of ether oxygens (including phenoxy) is 1. The van der Waals surface area contributed by atoms with Gasteiger partial charge in [-0.15, -0.1) is 11.3 Å². The average molecular weight is 435 g/mol. The fraction of sp³-hybridized carbons (Fsp3) is 0.400. The van der Waals surface area contributed by atoms with Crippen LogP contribution in [0, 0.1) is 0 Å². The van der Waals surface area contributed by atoms with E-state index in [-0.39, 0.29) is 15.7 Å². The summed E-state index contributed by atoms with van der Waals surface area (Å²) in [5.41, 5.74) is 1.93. The minimum Gasteiger partial charge on any atom is -0.451 e. The van der Waals surface area contributed by atoms with Gasteiger partial charge in [0.15, 0.2) is 6.61 Å². The molecule has 1 aromatic heterocycles. The highest BCUT2D eigenvalue weighted by atomic mass is 32.2. The van der Waals surface area contributed by atoms with E-state index in [0.717, 1.165) is 48.3 Å². The van der Waals surface area contributed by atoms with Gasteiger partial charge in [-0.05, 0) is 48.8 Å². The molecule has 154 valence electrons. The second kappa shape index (κ2) is 8.25. The zero-order valence-corrected chi connectivity index (χ0v) is 17.5. The molecule has 9 heteroatoms. The lowest BCUT2D eigenvalue weighted by Gasteiger charge is -2.29. The van der Waals surface area contributed by atoms with Gasteiger partial charge in [0, 0.05) is 25.3 Å². The average Bonchev–Trinajstić information content (AvgIpc) is 3.44. The molecular weight excluding hydrogens is 412 g/mol. The minimum atomic E-state index is -3.72. The number of benzene rings is 1. The molecule has 3 heterocycles. The van der Waals surface area contributed by atoms with Crippen LogP contribution in [0.4, 0.5) is 5.69 Å². The molecule has 0 radical (unpaired) electrons. The number of hydrogen-bond donors (Lipinski definition) is 0. The summed E-state index contributed by atoms with van der Waals surface area (Å²) in [4.78, 5) is 26.8. The van der Waals surface area contributed by atoms with Crippen LogP contribution in [0.15, 0.2) is 40.6 Å². The highest BCUT2D eigenvalue weighted by molar-refractivity contribution is 7.89. The number of nitrogens with zero attached hydrogens (tertiary/aromatic N) is 2. The van der Waals surface area contributed by atoms with Crippen molar-refractivity contribution in [2.24, 2.45) is 0 Å². The lowest BCUT2D eigenvalue weighted by Crippen LogP contribution is -2.38. The van der Waals surface area contributed by atoms with Crippen molar-refractivity contribution in [2.45, 2.75) is 30.6 Å². The molecule has 0 unspecified atom stereocenters. The van der Waals surface area contributed by atoms with Crippen LogP contribution < -0.4 is 4.90 Å². The lowest BCUT2D eigenvalue weighted by atomic mass is 10.0. The molecule has 1 fully saturated rings. The van der Waals surface area contributed by atoms with Crippen LogP contribution in [0.1, 0.15) is 34.5 Å². The molecule has 0 atom stereocenters. The van der Waals surface area contributed by atoms with E-state index < -0.39 is 22.6 Å². The van der Waals surface area contributed by atoms with Gasteiger partial charge in [0.25, 0.3) is 5.91 Å². The summed E-state index contributed by atoms with van der Waals surface area (Å²) in [5, 5.41) is 1.56. The van der Waals surface area contributed by atoms with Gasteiger partial charge in [-0.25, -0.2) is 13.2 Å². The Morgan fingerprint density at radius 2 is 1.79 bits per heavy atom. The third kappa shape index (κ3) is 3.94. The molecular formula is C20H22N2O5S2. The van der Waals surface area contributed by atoms with Crippen molar-refractivity contribution in [3.05, 3.63) is 46.2 Å². The maximum absolute atomic E-state index is 12.8. The zero-order valence-electron chi connectivity index (χ0n) is 15.9. The van der Waals surface area contributed by atoms with E-state index in [9.17, 15) is 18.0 Å². The Kier molecular flexibility index (Phi) is 5.71. The van der Waals surface area contributed by atoms with Crippen LogP contribution in [0.5, 0.6) is 0 Å². The highest BCUT2D eigenvalue weighted by Gasteiger charge is 2.33. The molecule has 2 aliphatic rings. The number of rotatable bonds is 5. The molecule has 1 saturated heterocycles. The molecule has 2 aliphatic heterocycles. The molecule has 0 N–H and O–H groups in total. The van der Waals surface area contributed by atoms with Gasteiger partial charge < -0.3 is 9.64 Å². The zero-order chi connectivity index (χ0) is 20.4. The van der Waals surface area contributed by atoms with Crippen LogP contribution in [0.25, 0.3) is 0 Å². The Bertz CT molecular complexity index is 1020. The number of thiophene rings is 1. The smallest absolute Gasteiger partial charge is 0.350 e. The minimum absolute atomic E-state index is 0.0174. The second-order valence-electron chi connectivity index (χ2n) is 7.08. The summed E-state index contributed by atoms with van der Waals surface area (Å²) in [6.45, 7) is 1.06. The summed E-state index contributed by atoms with van der Waals surface area (Å²) in [7, 11) is -3.72. The van der Waals surface area contributed by atoms with Crippen LogP contribution in [0.2, 0.25) is 0 Å². The highest BCUT2D eigenvalue weighted by Crippen LogP contribution is 2.29. The summed E-state index contributed by atoms with van der Waals surface area (Å²) in [6.07, 6.45) is 3.39. The summed E-state index contributed by atoms with van der Waals surface area (Å²) >= 11 is 1.01. The number of fused-ring (bicyclic) bond motifs is 1. The van der Waals surface area contributed by atoms with Crippen molar-refractivity contribution < 1.29 is 22.7 Å². The number of carbonyl (C=O) groups excluding carboxylic acids is 2. The van der Waals surface area contributed by atoms with Crippen molar-refractivity contribution in [1.82, 2.24) is 4.31 Å². The molecule has 0 spiro atoms. The molecule has 2 aromatic rings. The van der Waals surface area contributed by atoms with Gasteiger partial charge in [-0.1, -0.05) is 18.2 Å². The number of hydrogen-bond acceptors (Lipinski definition) is 6. The molecule has 4 rings (SSSR count). The van der Waals surface area contributed by atoms with Gasteiger partial charge in [0.2, 0.25) is 10.0 Å². The fourth-order valence-electron chi connectivity index (χ4n) is 3.78. The van der Waals surface area contributed by atoms with E-state index in [1.54, 1.807) is 10.3 Å². The number of sulfonamides is 1. The van der Waals surface area contributed by atoms with E-state index in [1.165, 1.54) is 10.4 Å². The summed E-state index contributed by atoms with van der Waals surface area (Å²) in [5.74, 6) is -1.09. The Morgan fingerprint density at radius 3 is 2.59 bits per heavy atom. The van der Waals surface area contributed by atoms with Gasteiger partial charge >= 0.3 is 5.97 Å². The fourth-order valence-corrected chi connectivity index (χ4v) is 6.58. The van der Waals surface area contributed by atoms with Crippen molar-refractivity contribution in [2.75, 3.05) is 31.1 Å². The largest absolute Gasteiger partial charge is 0.451 e. The van der Waals surface area contributed by atoms with Gasteiger partial charge in [-0.3, -0.25) is 4.79 Å². The van der Waals surface area contributed by atoms with E-state index >= 15 is 0 Å². The molecule has 0 aliphatic carbocycles. The maximum Gasteiger partial charge on any atom is 0.350 e. The number of aryl methyl sites for hydroxylation is 1. The van der Waals surface area contributed by atoms with Crippen LogP contribution >= 0.6 is 11.3 Å². The first kappa shape index (κ1) is 20.1. The Labute approximate surface area is 173 Å². The van der Waals surface area contributed by atoms with Crippen molar-refractivity contribution >= 4 is 38.9 Å². The number of para-hydroxylation sites is 1. The van der Waals surface area contributed by atoms with E-state index in [4.69, 9.17) is 4.74 Å². The lowest BCUT2D eigenvalue weighted by molar-refractivity contribution is -0.121. The number of anilines is 1. The van der Waals surface area contributed by atoms with E-state index in [0.29, 0.717) is 19.6 Å². The molecule has 1 amide bonds. The summed E-state index contributed by atoms with van der Waals surface area (Å²) < 4.78 is 32.2. The normalized spacial score (nSPS) is 17.2. The first-order valence-corrected chi connectivity index (χ1v) is 11.9. The standard InChI is InChI=1S/C20H22N2O5S2/c23-18(22-12-5-7-15-6-1-2-8-16(15)22)14-27-20(24)19-17(9-13-28-19)29(25,26)21-10-3-4-11-21/h1-2,6,8-9,13H,3-5,7,10-12,14H2. The van der Waals surface area contributed by atoms with Gasteiger partial charge in [0.05, 0.1) is 0 Å². The Morgan fingerprint density at radius 1 is 1.03 bits per heavy atom. The topological polar surface area (TPSA) is 84.0 Å². The number of esters is 1. The van der Waals surface area contributed by atoms with Gasteiger partial charge in [-0.2, -0.15) is 4.31 Å². The second-order valence-corrected chi connectivity index (χ2v) is 9.90. The Balaban J connectivity index is 1.45. The summed E-state index contributed by atoms with van der Waals surface area (Å²) in [6, 6.07) is 9.11. The quantitative estimate of drug-likeness (QED) is 0.676. The third-order valence-corrected chi connectivity index (χ3v) is 8.20. The van der Waals surface area contributed by atoms with Crippen LogP contribution in [-0.4, -0.2) is 50.8 Å². The third-order valence-electron chi connectivity index (χ3n) is 5.24. The molecule has 0 saturated carbocycles. The number of carbonyl (C=O) groups is 2. The van der Waals surface area contributed by atoms with Crippen LogP contribution in [0.3, 0.4) is 0 Å². The van der Waals surface area contributed by atoms with Crippen molar-refractivity contribution in [1.29, 1.82) is 0 Å². The van der Waals surface area contributed by atoms with Gasteiger partial charge in [0.1, 0.15) is 9.77 Å². The SMILES string of the molecule is O=C(OCC(=O)N1CCCc2ccccc21)c1sccc1S(=O)(=O)N1CCCC1. The molecule has 7 nitrogen and oxygen atoms in total. The molecule has 29 heavy (non-hydrogen) atoms. The monoisotopic (exact) mass is 434 g/mol. The molecule has 1 aromatic carbocycles. The first-order chi connectivity index (χ1) is 14.0. The van der Waals surface area contributed by atoms with Crippen molar-refractivity contribution in [3.63, 3.8) is 0 Å². The predicted octanol–water partition coefficient (Wildman–Crippen LogP) is 2.67. The van der Waals surface area contributed by atoms with E-state index in [1.807, 2.05) is 24.3 Å². The van der Waals surface area contributed by atoms with E-state index in [2.05, 4.69) is 0 Å². The Hall–Kier alpha value is -2.23.